The van der Waals surface area contributed by atoms with Gasteiger partial charge in [-0.2, -0.15) is 0 Å². The highest BCUT2D eigenvalue weighted by Gasteiger charge is 2.27. The van der Waals surface area contributed by atoms with Crippen LogP contribution in [0.15, 0.2) is 6.33 Å². The summed E-state index contributed by atoms with van der Waals surface area (Å²) in [6.07, 6.45) is 9.90. The van der Waals surface area contributed by atoms with Crippen molar-refractivity contribution in [3.63, 3.8) is 0 Å². The Labute approximate surface area is 102 Å². The molecule has 0 saturated heterocycles. The van der Waals surface area contributed by atoms with Crippen molar-refractivity contribution in [1.82, 2.24) is 9.97 Å². The molecular formula is C13H20N4. The quantitative estimate of drug-likeness (QED) is 0.761. The summed E-state index contributed by atoms with van der Waals surface area (Å²) in [7, 11) is 0. The third kappa shape index (κ3) is 2.27. The number of nitrogens with zero attached hydrogens (tertiary/aromatic N) is 2. The van der Waals surface area contributed by atoms with Gasteiger partial charge in [-0.05, 0) is 38.5 Å². The predicted molar refractivity (Wildman–Crippen MR) is 67.9 cm³/mol. The van der Waals surface area contributed by atoms with Gasteiger partial charge in [0.1, 0.15) is 12.1 Å². The fourth-order valence-electron chi connectivity index (χ4n) is 2.80. The number of nitrogens with two attached hydrogens (primary N) is 1. The normalized spacial score (nSPS) is 27.8. The molecule has 0 aromatic carbocycles. The minimum absolute atomic E-state index is 0.382. The van der Waals surface area contributed by atoms with Crippen LogP contribution < -0.4 is 11.1 Å². The molecule has 1 aromatic rings. The van der Waals surface area contributed by atoms with Crippen LogP contribution in [-0.4, -0.2) is 22.1 Å². The van der Waals surface area contributed by atoms with E-state index in [0.717, 1.165) is 31.5 Å². The van der Waals surface area contributed by atoms with E-state index in [4.69, 9.17) is 5.73 Å². The maximum Gasteiger partial charge on any atom is 0.133 e. The van der Waals surface area contributed by atoms with E-state index >= 15 is 0 Å². The fourth-order valence-corrected chi connectivity index (χ4v) is 2.80. The van der Waals surface area contributed by atoms with Gasteiger partial charge in [-0.25, -0.2) is 9.97 Å². The molecule has 0 atom stereocenters. The summed E-state index contributed by atoms with van der Waals surface area (Å²) >= 11 is 0. The Morgan fingerprint density at radius 2 is 1.94 bits per heavy atom. The number of nitrogens with one attached hydrogen (secondary N) is 1. The molecule has 2 aliphatic rings. The van der Waals surface area contributed by atoms with Gasteiger partial charge in [-0.1, -0.05) is 6.42 Å². The van der Waals surface area contributed by atoms with Gasteiger partial charge < -0.3 is 11.1 Å². The first-order chi connectivity index (χ1) is 8.33. The van der Waals surface area contributed by atoms with Crippen LogP contribution in [0.4, 0.5) is 5.82 Å². The highest BCUT2D eigenvalue weighted by Crippen LogP contribution is 2.27. The molecule has 0 amide bonds. The summed E-state index contributed by atoms with van der Waals surface area (Å²) in [5, 5.41) is 3.53. The molecule has 4 nitrogen and oxygen atoms in total. The highest BCUT2D eigenvalue weighted by atomic mass is 15.1. The Morgan fingerprint density at radius 1 is 1.12 bits per heavy atom. The molecule has 0 spiro atoms. The van der Waals surface area contributed by atoms with E-state index in [1.54, 1.807) is 6.33 Å². The molecule has 0 bridgehead atoms. The molecule has 1 fully saturated rings. The van der Waals surface area contributed by atoms with E-state index in [2.05, 4.69) is 15.3 Å². The second-order valence-electron chi connectivity index (χ2n) is 5.28. The van der Waals surface area contributed by atoms with Crippen molar-refractivity contribution in [3.05, 3.63) is 17.6 Å². The van der Waals surface area contributed by atoms with Crippen molar-refractivity contribution in [1.29, 1.82) is 0 Å². The van der Waals surface area contributed by atoms with Crippen molar-refractivity contribution < 1.29 is 0 Å². The summed E-state index contributed by atoms with van der Waals surface area (Å²) < 4.78 is 0. The molecular weight excluding hydrogens is 212 g/mol. The molecule has 1 saturated carbocycles. The average molecular weight is 232 g/mol. The third-order valence-corrected chi connectivity index (χ3v) is 3.89. The number of rotatable bonds is 2. The van der Waals surface area contributed by atoms with Crippen molar-refractivity contribution >= 4 is 5.82 Å². The molecule has 3 N–H and O–H groups in total. The summed E-state index contributed by atoms with van der Waals surface area (Å²) in [4.78, 5) is 8.85. The molecule has 0 radical (unpaired) electrons. The zero-order valence-corrected chi connectivity index (χ0v) is 10.2. The van der Waals surface area contributed by atoms with Crippen LogP contribution in [0.3, 0.4) is 0 Å². The van der Waals surface area contributed by atoms with Gasteiger partial charge in [0.2, 0.25) is 0 Å². The van der Waals surface area contributed by atoms with Crippen LogP contribution in [0.5, 0.6) is 0 Å². The smallest absolute Gasteiger partial charge is 0.133 e. The molecule has 1 heterocycles. The Kier molecular flexibility index (Phi) is 2.97. The van der Waals surface area contributed by atoms with Crippen molar-refractivity contribution in [2.24, 2.45) is 5.73 Å². The fraction of sp³-hybridized carbons (Fsp3) is 0.692. The molecule has 2 aliphatic carbocycles. The van der Waals surface area contributed by atoms with Crippen LogP contribution in [0, 0.1) is 0 Å². The van der Waals surface area contributed by atoms with Crippen molar-refractivity contribution in [3.8, 4) is 0 Å². The van der Waals surface area contributed by atoms with Crippen molar-refractivity contribution in [2.75, 3.05) is 5.32 Å². The van der Waals surface area contributed by atoms with Crippen molar-refractivity contribution in [2.45, 2.75) is 57.0 Å². The Morgan fingerprint density at radius 3 is 2.76 bits per heavy atom. The number of aryl methyl sites for hydroxylation is 1. The topological polar surface area (TPSA) is 63.8 Å². The molecule has 0 aliphatic heterocycles. The van der Waals surface area contributed by atoms with E-state index in [1.807, 2.05) is 0 Å². The van der Waals surface area contributed by atoms with Crippen LogP contribution in [0.1, 0.15) is 43.4 Å². The minimum atomic E-state index is 0.382. The number of hydrogen-bond donors (Lipinski definition) is 2. The number of aromatic nitrogens is 2. The standard InChI is InChI=1S/C13H20N4/c14-9-6-10(7-9)17-13-11-4-2-1-3-5-12(11)15-8-16-13/h8-10H,1-7,14H2,(H,15,16,17). The predicted octanol–water partition coefficient (Wildman–Crippen LogP) is 1.65. The number of fused-ring (bicyclic) bond motifs is 1. The number of hydrogen-bond acceptors (Lipinski definition) is 4. The van der Waals surface area contributed by atoms with Gasteiger partial charge in [0.05, 0.1) is 0 Å². The summed E-state index contributed by atoms with van der Waals surface area (Å²) in [6.45, 7) is 0. The average Bonchev–Trinajstić information content (AvgIpc) is 2.52. The van der Waals surface area contributed by atoms with E-state index in [-0.39, 0.29) is 0 Å². The lowest BCUT2D eigenvalue weighted by Gasteiger charge is -2.34. The lowest BCUT2D eigenvalue weighted by Crippen LogP contribution is -2.44. The Bertz CT molecular complexity index is 398. The molecule has 92 valence electrons. The van der Waals surface area contributed by atoms with E-state index in [1.165, 1.54) is 30.5 Å². The second kappa shape index (κ2) is 4.61. The molecule has 17 heavy (non-hydrogen) atoms. The zero-order valence-electron chi connectivity index (χ0n) is 10.2. The summed E-state index contributed by atoms with van der Waals surface area (Å²) in [5.41, 5.74) is 8.42. The van der Waals surface area contributed by atoms with Gasteiger partial charge in [0.15, 0.2) is 0 Å². The van der Waals surface area contributed by atoms with E-state index in [0.29, 0.717) is 12.1 Å². The summed E-state index contributed by atoms with van der Waals surface area (Å²) in [5.74, 6) is 1.06. The lowest BCUT2D eigenvalue weighted by molar-refractivity contribution is 0.372. The van der Waals surface area contributed by atoms with Gasteiger partial charge >= 0.3 is 0 Å². The van der Waals surface area contributed by atoms with Crippen LogP contribution in [0.25, 0.3) is 0 Å². The lowest BCUT2D eigenvalue weighted by atomic mass is 9.87. The molecule has 3 rings (SSSR count). The first-order valence-corrected chi connectivity index (χ1v) is 6.68. The minimum Gasteiger partial charge on any atom is -0.367 e. The van der Waals surface area contributed by atoms with Crippen LogP contribution in [-0.2, 0) is 12.8 Å². The first-order valence-electron chi connectivity index (χ1n) is 6.68. The first kappa shape index (κ1) is 11.0. The SMILES string of the molecule is NC1CC(Nc2ncnc3c2CCCCC3)C1. The molecule has 1 aromatic heterocycles. The van der Waals surface area contributed by atoms with Gasteiger partial charge in [0.25, 0.3) is 0 Å². The molecule has 0 unspecified atom stereocenters. The number of anilines is 1. The maximum atomic E-state index is 5.81. The summed E-state index contributed by atoms with van der Waals surface area (Å²) in [6, 6.07) is 0.903. The second-order valence-corrected chi connectivity index (χ2v) is 5.28. The van der Waals surface area contributed by atoms with E-state index in [9.17, 15) is 0 Å². The molecule has 4 heteroatoms. The Hall–Kier alpha value is -1.16. The van der Waals surface area contributed by atoms with Crippen LogP contribution in [0.2, 0.25) is 0 Å². The zero-order chi connectivity index (χ0) is 11.7. The highest BCUT2D eigenvalue weighted by molar-refractivity contribution is 5.47. The van der Waals surface area contributed by atoms with E-state index < -0.39 is 0 Å². The monoisotopic (exact) mass is 232 g/mol. The third-order valence-electron chi connectivity index (χ3n) is 3.89. The van der Waals surface area contributed by atoms with Gasteiger partial charge in [-0.15, -0.1) is 0 Å². The van der Waals surface area contributed by atoms with Crippen LogP contribution >= 0.6 is 0 Å². The van der Waals surface area contributed by atoms with Gasteiger partial charge in [0, 0.05) is 23.3 Å². The maximum absolute atomic E-state index is 5.81. The van der Waals surface area contributed by atoms with Gasteiger partial charge in [-0.3, -0.25) is 0 Å². The largest absolute Gasteiger partial charge is 0.367 e. The Balaban J connectivity index is 1.79.